The Balaban J connectivity index is 2.81. The zero-order valence-electron chi connectivity index (χ0n) is 9.27. The number of halogens is 2. The molecule has 0 aliphatic carbocycles. The summed E-state index contributed by atoms with van der Waals surface area (Å²) in [4.78, 5) is 22.3. The molecule has 0 aliphatic rings. The highest BCUT2D eigenvalue weighted by molar-refractivity contribution is 6.30. The van der Waals surface area contributed by atoms with Gasteiger partial charge >= 0.3 is 11.9 Å². The Kier molecular flexibility index (Phi) is 5.06. The molecule has 1 aromatic rings. The standard InChI is InChI=1S/C11H11ClFNO4/c12-8-2-1-7(9(13)3-8)4-14(5-10(15)16)6-11(17)18/h1-3H,4-6H2,(H,15,16)(H,17,18). The molecule has 0 amide bonds. The van der Waals surface area contributed by atoms with Crippen molar-refractivity contribution in [3.8, 4) is 0 Å². The number of rotatable bonds is 6. The largest absolute Gasteiger partial charge is 0.480 e. The van der Waals surface area contributed by atoms with Gasteiger partial charge in [0.05, 0.1) is 13.1 Å². The second-order valence-corrected chi connectivity index (χ2v) is 4.10. The third-order valence-electron chi connectivity index (χ3n) is 2.13. The minimum atomic E-state index is -1.18. The molecule has 98 valence electrons. The predicted molar refractivity (Wildman–Crippen MR) is 62.0 cm³/mol. The van der Waals surface area contributed by atoms with Crippen LogP contribution in [0.3, 0.4) is 0 Å². The van der Waals surface area contributed by atoms with Crippen LogP contribution in [0.2, 0.25) is 5.02 Å². The van der Waals surface area contributed by atoms with E-state index in [9.17, 15) is 14.0 Å². The molecule has 0 saturated heterocycles. The Hall–Kier alpha value is -1.66. The first-order valence-corrected chi connectivity index (χ1v) is 5.36. The maximum Gasteiger partial charge on any atom is 0.317 e. The Bertz CT molecular complexity index is 450. The predicted octanol–water partition coefficient (Wildman–Crippen LogP) is 1.45. The number of carbonyl (C=O) groups is 2. The maximum atomic E-state index is 13.5. The molecule has 0 saturated carbocycles. The van der Waals surface area contributed by atoms with Crippen molar-refractivity contribution in [2.24, 2.45) is 0 Å². The van der Waals surface area contributed by atoms with Gasteiger partial charge in [0.25, 0.3) is 0 Å². The summed E-state index contributed by atoms with van der Waals surface area (Å²) < 4.78 is 13.5. The van der Waals surface area contributed by atoms with Crippen LogP contribution >= 0.6 is 11.6 Å². The fraction of sp³-hybridized carbons (Fsp3) is 0.273. The Morgan fingerprint density at radius 3 is 2.22 bits per heavy atom. The van der Waals surface area contributed by atoms with Crippen molar-refractivity contribution in [2.45, 2.75) is 6.54 Å². The lowest BCUT2D eigenvalue weighted by Crippen LogP contribution is -2.34. The van der Waals surface area contributed by atoms with Gasteiger partial charge in [0.2, 0.25) is 0 Å². The van der Waals surface area contributed by atoms with Gasteiger partial charge in [-0.05, 0) is 12.1 Å². The van der Waals surface area contributed by atoms with E-state index in [2.05, 4.69) is 0 Å². The van der Waals surface area contributed by atoms with E-state index in [0.717, 1.165) is 11.0 Å². The number of hydrogen-bond acceptors (Lipinski definition) is 3. The number of carboxylic acids is 2. The first kappa shape index (κ1) is 14.4. The van der Waals surface area contributed by atoms with E-state index in [1.165, 1.54) is 12.1 Å². The van der Waals surface area contributed by atoms with Crippen LogP contribution < -0.4 is 0 Å². The summed E-state index contributed by atoms with van der Waals surface area (Å²) >= 11 is 5.58. The fourth-order valence-corrected chi connectivity index (χ4v) is 1.60. The smallest absolute Gasteiger partial charge is 0.317 e. The summed E-state index contributed by atoms with van der Waals surface area (Å²) in [5, 5.41) is 17.5. The van der Waals surface area contributed by atoms with Crippen molar-refractivity contribution >= 4 is 23.5 Å². The van der Waals surface area contributed by atoms with E-state index in [1.54, 1.807) is 0 Å². The molecule has 18 heavy (non-hydrogen) atoms. The second kappa shape index (κ2) is 6.32. The molecule has 0 fully saturated rings. The van der Waals surface area contributed by atoms with Gasteiger partial charge in [-0.1, -0.05) is 17.7 Å². The molecule has 5 nitrogen and oxygen atoms in total. The molecule has 0 atom stereocenters. The highest BCUT2D eigenvalue weighted by atomic mass is 35.5. The van der Waals surface area contributed by atoms with Gasteiger partial charge in [-0.25, -0.2) is 4.39 Å². The van der Waals surface area contributed by atoms with Crippen LogP contribution in [0.1, 0.15) is 5.56 Å². The summed E-state index contributed by atoms with van der Waals surface area (Å²) in [5.74, 6) is -2.94. The van der Waals surface area contributed by atoms with Crippen LogP contribution in [0.5, 0.6) is 0 Å². The SMILES string of the molecule is O=C(O)CN(CC(=O)O)Cc1ccc(Cl)cc1F. The molecular formula is C11H11ClFNO4. The summed E-state index contributed by atoms with van der Waals surface area (Å²) in [7, 11) is 0. The Morgan fingerprint density at radius 2 is 1.78 bits per heavy atom. The molecule has 0 aliphatic heterocycles. The quantitative estimate of drug-likeness (QED) is 0.822. The molecule has 0 unspecified atom stereocenters. The molecule has 0 radical (unpaired) electrons. The summed E-state index contributed by atoms with van der Waals surface area (Å²) in [6.07, 6.45) is 0. The van der Waals surface area contributed by atoms with Crippen LogP contribution in [-0.2, 0) is 16.1 Å². The number of carboxylic acid groups (broad SMARTS) is 2. The van der Waals surface area contributed by atoms with Crippen LogP contribution in [0.4, 0.5) is 4.39 Å². The minimum absolute atomic E-state index is 0.110. The van der Waals surface area contributed by atoms with Crippen LogP contribution in [0.25, 0.3) is 0 Å². The molecule has 1 aromatic carbocycles. The number of benzene rings is 1. The van der Waals surface area contributed by atoms with Crippen molar-refractivity contribution in [3.63, 3.8) is 0 Å². The summed E-state index contributed by atoms with van der Waals surface area (Å²) in [6, 6.07) is 3.95. The van der Waals surface area contributed by atoms with Crippen molar-refractivity contribution in [2.75, 3.05) is 13.1 Å². The van der Waals surface area contributed by atoms with Crippen LogP contribution in [0.15, 0.2) is 18.2 Å². The normalized spacial score (nSPS) is 10.6. The molecule has 7 heteroatoms. The van der Waals surface area contributed by atoms with Gasteiger partial charge in [0.15, 0.2) is 0 Å². The zero-order valence-corrected chi connectivity index (χ0v) is 10.0. The number of aliphatic carboxylic acids is 2. The minimum Gasteiger partial charge on any atom is -0.480 e. The van der Waals surface area contributed by atoms with Crippen molar-refractivity contribution < 1.29 is 24.2 Å². The third kappa shape index (κ3) is 4.68. The average molecular weight is 276 g/mol. The maximum absolute atomic E-state index is 13.5. The highest BCUT2D eigenvalue weighted by Crippen LogP contribution is 2.16. The summed E-state index contributed by atoms with van der Waals surface area (Å²) in [5.41, 5.74) is 0.196. The Labute approximate surface area is 107 Å². The molecular weight excluding hydrogens is 265 g/mol. The van der Waals surface area contributed by atoms with Crippen molar-refractivity contribution in [3.05, 3.63) is 34.6 Å². The van der Waals surface area contributed by atoms with E-state index >= 15 is 0 Å². The van der Waals surface area contributed by atoms with Gasteiger partial charge in [-0.2, -0.15) is 0 Å². The second-order valence-electron chi connectivity index (χ2n) is 3.67. The van der Waals surface area contributed by atoms with E-state index < -0.39 is 30.8 Å². The molecule has 2 N–H and O–H groups in total. The lowest BCUT2D eigenvalue weighted by Gasteiger charge is -2.18. The number of hydrogen-bond donors (Lipinski definition) is 2. The van der Waals surface area contributed by atoms with E-state index in [1.807, 2.05) is 0 Å². The Morgan fingerprint density at radius 1 is 1.22 bits per heavy atom. The van der Waals surface area contributed by atoms with Crippen LogP contribution in [-0.4, -0.2) is 40.1 Å². The molecule has 0 spiro atoms. The fourth-order valence-electron chi connectivity index (χ4n) is 1.44. The van der Waals surface area contributed by atoms with E-state index in [-0.39, 0.29) is 17.1 Å². The molecule has 0 aromatic heterocycles. The van der Waals surface area contributed by atoms with Crippen LogP contribution in [0, 0.1) is 5.82 Å². The first-order valence-electron chi connectivity index (χ1n) is 4.98. The van der Waals surface area contributed by atoms with Crippen molar-refractivity contribution in [1.29, 1.82) is 0 Å². The van der Waals surface area contributed by atoms with E-state index in [0.29, 0.717) is 0 Å². The average Bonchev–Trinajstić information content (AvgIpc) is 2.20. The third-order valence-corrected chi connectivity index (χ3v) is 2.36. The lowest BCUT2D eigenvalue weighted by atomic mass is 10.2. The van der Waals surface area contributed by atoms with Gasteiger partial charge < -0.3 is 10.2 Å². The molecule has 0 bridgehead atoms. The topological polar surface area (TPSA) is 77.8 Å². The van der Waals surface area contributed by atoms with Gasteiger partial charge in [0, 0.05) is 17.1 Å². The van der Waals surface area contributed by atoms with E-state index in [4.69, 9.17) is 21.8 Å². The summed E-state index contributed by atoms with van der Waals surface area (Å²) in [6.45, 7) is -1.07. The van der Waals surface area contributed by atoms with Gasteiger partial charge in [-0.15, -0.1) is 0 Å². The van der Waals surface area contributed by atoms with Gasteiger partial charge in [-0.3, -0.25) is 14.5 Å². The van der Waals surface area contributed by atoms with Crippen molar-refractivity contribution in [1.82, 2.24) is 4.90 Å². The number of nitrogens with zero attached hydrogens (tertiary/aromatic N) is 1. The molecule has 1 rings (SSSR count). The lowest BCUT2D eigenvalue weighted by molar-refractivity contribution is -0.142. The highest BCUT2D eigenvalue weighted by Gasteiger charge is 2.15. The molecule has 0 heterocycles. The first-order chi connectivity index (χ1) is 8.38. The zero-order chi connectivity index (χ0) is 13.7. The van der Waals surface area contributed by atoms with Gasteiger partial charge in [0.1, 0.15) is 5.82 Å². The monoisotopic (exact) mass is 275 g/mol.